The first-order chi connectivity index (χ1) is 15.5. The fourth-order valence-corrected chi connectivity index (χ4v) is 3.80. The van der Waals surface area contributed by atoms with Crippen LogP contribution in [0, 0.1) is 0 Å². The maximum absolute atomic E-state index is 13.1. The lowest BCUT2D eigenvalue weighted by Gasteiger charge is -2.30. The molecule has 0 saturated heterocycles. The van der Waals surface area contributed by atoms with Crippen molar-refractivity contribution in [3.8, 4) is 0 Å². The predicted molar refractivity (Wildman–Crippen MR) is 128 cm³/mol. The highest BCUT2D eigenvalue weighted by Gasteiger charge is 2.50. The van der Waals surface area contributed by atoms with Crippen molar-refractivity contribution < 1.29 is 32.6 Å². The minimum Gasteiger partial charge on any atom is -0.324 e. The van der Waals surface area contributed by atoms with E-state index in [0.29, 0.717) is 39.3 Å². The molecule has 0 aromatic heterocycles. The van der Waals surface area contributed by atoms with Crippen molar-refractivity contribution in [2.75, 3.05) is 26.4 Å². The highest BCUT2D eigenvalue weighted by atomic mass is 31.1. The summed E-state index contributed by atoms with van der Waals surface area (Å²) in [5, 5.41) is 0. The molecule has 7 nitrogen and oxygen atoms in total. The topological polar surface area (TPSA) is 72.5 Å². The van der Waals surface area contributed by atoms with E-state index < -0.39 is 20.2 Å². The zero-order valence-corrected chi connectivity index (χ0v) is 22.5. The Balaban J connectivity index is 5.49. The van der Waals surface area contributed by atoms with Gasteiger partial charge >= 0.3 is 20.2 Å². The summed E-state index contributed by atoms with van der Waals surface area (Å²) < 4.78 is 48.9. The molecule has 0 aromatic carbocycles. The maximum atomic E-state index is 13.1. The molecule has 8 heteroatoms. The average molecular weight is 482 g/mol. The Hall–Kier alpha value is -0.140. The highest BCUT2D eigenvalue weighted by molar-refractivity contribution is 7.33. The van der Waals surface area contributed by atoms with Crippen molar-refractivity contribution >= 4 is 8.25 Å². The zero-order chi connectivity index (χ0) is 24.1. The van der Waals surface area contributed by atoms with E-state index in [1.54, 1.807) is 0 Å². The summed E-state index contributed by atoms with van der Waals surface area (Å²) in [6.45, 7) is 14.3. The van der Waals surface area contributed by atoms with Gasteiger partial charge in [0.25, 0.3) is 0 Å². The van der Waals surface area contributed by atoms with Crippen molar-refractivity contribution in [2.45, 2.75) is 131 Å². The second-order valence-electron chi connectivity index (χ2n) is 8.08. The molecule has 32 heavy (non-hydrogen) atoms. The van der Waals surface area contributed by atoms with Crippen LogP contribution >= 0.6 is 8.25 Å². The van der Waals surface area contributed by atoms with E-state index in [1.807, 2.05) is 13.8 Å². The lowest BCUT2D eigenvalue weighted by atomic mass is 10.3. The Kier molecular flexibility index (Phi) is 20.2. The van der Waals surface area contributed by atoms with Gasteiger partial charge in [0, 0.05) is 17.4 Å². The fraction of sp³-hybridized carbons (Fsp3) is 1.00. The lowest BCUT2D eigenvalue weighted by Crippen LogP contribution is -2.41. The molecule has 0 atom stereocenters. The summed E-state index contributed by atoms with van der Waals surface area (Å²) in [7, 11) is -2.61. The van der Waals surface area contributed by atoms with E-state index in [4.69, 9.17) is 28.0 Å². The molecule has 0 heterocycles. The zero-order valence-electron chi connectivity index (χ0n) is 21.6. The third-order valence-electron chi connectivity index (χ3n) is 4.82. The van der Waals surface area contributed by atoms with Crippen molar-refractivity contribution in [1.82, 2.24) is 0 Å². The van der Waals surface area contributed by atoms with E-state index in [-0.39, 0.29) is 0 Å². The van der Waals surface area contributed by atoms with Gasteiger partial charge in [0.05, 0.1) is 26.4 Å². The van der Waals surface area contributed by atoms with Gasteiger partial charge < -0.3 is 18.9 Å². The molecule has 0 radical (unpaired) electrons. The van der Waals surface area contributed by atoms with Crippen LogP contribution in [0.4, 0.5) is 0 Å². The standard InChI is InChI=1S/C24H50O7P/c1-7-13-19-26-23(17-11-5,27-20-14-8-2)30-32(25)31-24(18-12-6,28-21-15-9-3)29-22-16-10-4/h7-22H2,1-6H3/q+1. The van der Waals surface area contributed by atoms with Gasteiger partial charge in [-0.1, -0.05) is 76.3 Å². The summed E-state index contributed by atoms with van der Waals surface area (Å²) in [5.41, 5.74) is 0. The molecule has 192 valence electrons. The van der Waals surface area contributed by atoms with Gasteiger partial charge in [-0.3, -0.25) is 0 Å². The summed E-state index contributed by atoms with van der Waals surface area (Å²) in [6, 6.07) is 0. The molecule has 0 fully saturated rings. The number of ether oxygens (including phenoxy) is 4. The van der Waals surface area contributed by atoms with Gasteiger partial charge in [0.2, 0.25) is 0 Å². The van der Waals surface area contributed by atoms with E-state index in [9.17, 15) is 4.57 Å². The van der Waals surface area contributed by atoms with Crippen LogP contribution in [0.15, 0.2) is 0 Å². The first-order valence-corrected chi connectivity index (χ1v) is 14.0. The van der Waals surface area contributed by atoms with Gasteiger partial charge in [-0.15, -0.1) is 0 Å². The monoisotopic (exact) mass is 481 g/mol. The van der Waals surface area contributed by atoms with Crippen LogP contribution < -0.4 is 0 Å². The minimum absolute atomic E-state index is 0.457. The quantitative estimate of drug-likeness (QED) is 0.0789. The second-order valence-corrected chi connectivity index (χ2v) is 8.89. The lowest BCUT2D eigenvalue weighted by molar-refractivity contribution is -0.369. The molecule has 0 aliphatic heterocycles. The second kappa shape index (κ2) is 20.3. The molecule has 0 bridgehead atoms. The maximum Gasteiger partial charge on any atom is 0.708 e. The number of hydrogen-bond acceptors (Lipinski definition) is 7. The van der Waals surface area contributed by atoms with Crippen molar-refractivity contribution in [3.05, 3.63) is 0 Å². The van der Waals surface area contributed by atoms with Crippen LogP contribution in [-0.2, 0) is 32.6 Å². The van der Waals surface area contributed by atoms with Crippen molar-refractivity contribution in [1.29, 1.82) is 0 Å². The van der Waals surface area contributed by atoms with Crippen molar-refractivity contribution in [3.63, 3.8) is 0 Å². The summed E-state index contributed by atoms with van der Waals surface area (Å²) in [4.78, 5) is 0. The van der Waals surface area contributed by atoms with Crippen LogP contribution in [0.5, 0.6) is 0 Å². The Morgan fingerprint density at radius 3 is 1.00 bits per heavy atom. The van der Waals surface area contributed by atoms with Gasteiger partial charge in [0.15, 0.2) is 0 Å². The molecule has 0 unspecified atom stereocenters. The van der Waals surface area contributed by atoms with Crippen LogP contribution in [0.25, 0.3) is 0 Å². The number of hydrogen-bond donors (Lipinski definition) is 0. The molecule has 0 rings (SSSR count). The summed E-state index contributed by atoms with van der Waals surface area (Å²) in [5.74, 6) is -2.78. The molecule has 0 saturated carbocycles. The Morgan fingerprint density at radius 1 is 0.500 bits per heavy atom. The largest absolute Gasteiger partial charge is 0.708 e. The van der Waals surface area contributed by atoms with Gasteiger partial charge in [-0.2, -0.15) is 0 Å². The molecule has 0 N–H and O–H groups in total. The Morgan fingerprint density at radius 2 is 0.781 bits per heavy atom. The Labute approximate surface area is 198 Å². The third kappa shape index (κ3) is 14.2. The summed E-state index contributed by atoms with van der Waals surface area (Å²) in [6.07, 6.45) is 9.80. The van der Waals surface area contributed by atoms with E-state index >= 15 is 0 Å². The van der Waals surface area contributed by atoms with Gasteiger partial charge in [-0.05, 0) is 38.5 Å². The molecular formula is C24H50O7P+. The fourth-order valence-electron chi connectivity index (χ4n) is 2.91. The van der Waals surface area contributed by atoms with Crippen LogP contribution in [0.3, 0.4) is 0 Å². The third-order valence-corrected chi connectivity index (χ3v) is 5.67. The average Bonchev–Trinajstić information content (AvgIpc) is 2.75. The first kappa shape index (κ1) is 31.9. The molecule has 0 aliphatic carbocycles. The molecule has 0 amide bonds. The molecular weight excluding hydrogens is 431 g/mol. The summed E-state index contributed by atoms with van der Waals surface area (Å²) >= 11 is 0. The molecule has 0 spiro atoms. The minimum atomic E-state index is -2.61. The van der Waals surface area contributed by atoms with E-state index in [2.05, 4.69) is 27.7 Å². The van der Waals surface area contributed by atoms with E-state index in [0.717, 1.165) is 64.2 Å². The predicted octanol–water partition coefficient (Wildman–Crippen LogP) is 7.85. The molecule has 0 aromatic rings. The normalized spacial score (nSPS) is 12.4. The van der Waals surface area contributed by atoms with Gasteiger partial charge in [-0.25, -0.2) is 0 Å². The SMILES string of the molecule is CCCCOC(CCC)(OCCCC)O[P+](=O)OC(CCC)(OCCCC)OCCCC. The molecule has 0 aliphatic rings. The van der Waals surface area contributed by atoms with Crippen LogP contribution in [0.2, 0.25) is 0 Å². The number of unbranched alkanes of at least 4 members (excludes halogenated alkanes) is 4. The first-order valence-electron chi connectivity index (χ1n) is 12.9. The van der Waals surface area contributed by atoms with E-state index in [1.165, 1.54) is 0 Å². The highest BCUT2D eigenvalue weighted by Crippen LogP contribution is 2.42. The Bertz CT molecular complexity index is 390. The van der Waals surface area contributed by atoms with Crippen LogP contribution in [0.1, 0.15) is 119 Å². The van der Waals surface area contributed by atoms with Crippen LogP contribution in [-0.4, -0.2) is 38.4 Å². The number of rotatable bonds is 24. The smallest absolute Gasteiger partial charge is 0.324 e. The van der Waals surface area contributed by atoms with Crippen molar-refractivity contribution in [2.24, 2.45) is 0 Å². The van der Waals surface area contributed by atoms with Gasteiger partial charge in [0.1, 0.15) is 0 Å².